The fraction of sp³-hybridized carbons (Fsp3) is 0.0769. The van der Waals surface area contributed by atoms with Crippen LogP contribution in [-0.2, 0) is 6.42 Å². The van der Waals surface area contributed by atoms with Crippen molar-refractivity contribution >= 4 is 17.1 Å². The zero-order chi connectivity index (χ0) is 27.1. The zero-order valence-corrected chi connectivity index (χ0v) is 22.9. The van der Waals surface area contributed by atoms with E-state index in [2.05, 4.69) is 170 Å². The summed E-state index contributed by atoms with van der Waals surface area (Å²) < 4.78 is 0. The van der Waals surface area contributed by atoms with Crippen LogP contribution < -0.4 is 4.90 Å². The van der Waals surface area contributed by atoms with Crippen molar-refractivity contribution in [1.82, 2.24) is 0 Å². The highest BCUT2D eigenvalue weighted by molar-refractivity contribution is 5.81. The van der Waals surface area contributed by atoms with E-state index < -0.39 is 0 Å². The topological polar surface area (TPSA) is 3.24 Å². The Bertz CT molecular complexity index is 1550. The van der Waals surface area contributed by atoms with Gasteiger partial charge in [-0.2, -0.15) is 0 Å². The molecule has 6 rings (SSSR count). The lowest BCUT2D eigenvalue weighted by molar-refractivity contribution is 0.922. The lowest BCUT2D eigenvalue weighted by atomic mass is 10.0. The van der Waals surface area contributed by atoms with Gasteiger partial charge in [0.2, 0.25) is 0 Å². The molecule has 0 aliphatic carbocycles. The van der Waals surface area contributed by atoms with E-state index in [0.29, 0.717) is 0 Å². The molecule has 0 saturated heterocycles. The lowest BCUT2D eigenvalue weighted by Crippen LogP contribution is -2.09. The Labute approximate surface area is 238 Å². The predicted molar refractivity (Wildman–Crippen MR) is 171 cm³/mol. The van der Waals surface area contributed by atoms with Gasteiger partial charge in [-0.3, -0.25) is 0 Å². The average Bonchev–Trinajstić information content (AvgIpc) is 3.04. The minimum absolute atomic E-state index is 1.13. The second-order valence-corrected chi connectivity index (χ2v) is 10.2. The van der Waals surface area contributed by atoms with Crippen LogP contribution in [0.25, 0.3) is 33.4 Å². The van der Waals surface area contributed by atoms with Crippen molar-refractivity contribution in [3.63, 3.8) is 0 Å². The minimum Gasteiger partial charge on any atom is -0.311 e. The van der Waals surface area contributed by atoms with Crippen LogP contribution in [0.1, 0.15) is 18.9 Å². The Morgan fingerprint density at radius 2 is 0.650 bits per heavy atom. The van der Waals surface area contributed by atoms with Crippen molar-refractivity contribution in [2.45, 2.75) is 19.8 Å². The third-order valence-corrected chi connectivity index (χ3v) is 7.42. The molecular formula is C39H33N. The number of aryl methyl sites for hydroxylation is 1. The van der Waals surface area contributed by atoms with Crippen molar-refractivity contribution in [2.24, 2.45) is 0 Å². The molecule has 40 heavy (non-hydrogen) atoms. The van der Waals surface area contributed by atoms with Gasteiger partial charge in [0.15, 0.2) is 0 Å². The molecule has 0 unspecified atom stereocenters. The highest BCUT2D eigenvalue weighted by Crippen LogP contribution is 2.37. The standard InChI is InChI=1S/C39H33N/c1-2-9-30-14-16-33(17-15-30)36-22-28-39(29-23-36)40(37-24-18-34(19-25-37)31-10-5-3-6-11-31)38-26-20-35(21-27-38)32-12-7-4-8-13-32/h3-8,10-29H,2,9H2,1H3. The van der Waals surface area contributed by atoms with Gasteiger partial charge in [0.1, 0.15) is 0 Å². The fourth-order valence-electron chi connectivity index (χ4n) is 5.27. The van der Waals surface area contributed by atoms with Gasteiger partial charge >= 0.3 is 0 Å². The summed E-state index contributed by atoms with van der Waals surface area (Å²) in [7, 11) is 0. The molecule has 0 aromatic heterocycles. The SMILES string of the molecule is CCCc1ccc(-c2ccc(N(c3ccc(-c4ccccc4)cc3)c3ccc(-c4ccccc4)cc3)cc2)cc1. The molecule has 0 N–H and O–H groups in total. The van der Waals surface area contributed by atoms with Gasteiger partial charge < -0.3 is 4.90 Å². The van der Waals surface area contributed by atoms with Crippen LogP contribution in [0.3, 0.4) is 0 Å². The first-order valence-electron chi connectivity index (χ1n) is 14.1. The summed E-state index contributed by atoms with van der Waals surface area (Å²) in [5.74, 6) is 0. The second kappa shape index (κ2) is 11.9. The van der Waals surface area contributed by atoms with E-state index in [1.807, 2.05) is 0 Å². The molecule has 194 valence electrons. The third-order valence-electron chi connectivity index (χ3n) is 7.42. The van der Waals surface area contributed by atoms with Crippen LogP contribution in [0.4, 0.5) is 17.1 Å². The van der Waals surface area contributed by atoms with E-state index in [1.54, 1.807) is 0 Å². The molecule has 0 aliphatic heterocycles. The summed E-state index contributed by atoms with van der Waals surface area (Å²) in [5, 5.41) is 0. The molecule has 0 atom stereocenters. The molecule has 0 heterocycles. The molecule has 1 nitrogen and oxygen atoms in total. The third kappa shape index (κ3) is 5.60. The summed E-state index contributed by atoms with van der Waals surface area (Å²) >= 11 is 0. The van der Waals surface area contributed by atoms with E-state index in [0.717, 1.165) is 23.5 Å². The van der Waals surface area contributed by atoms with Crippen molar-refractivity contribution in [1.29, 1.82) is 0 Å². The minimum atomic E-state index is 1.13. The zero-order valence-electron chi connectivity index (χ0n) is 22.9. The Kier molecular flexibility index (Phi) is 7.55. The van der Waals surface area contributed by atoms with Crippen LogP contribution >= 0.6 is 0 Å². The van der Waals surface area contributed by atoms with E-state index in [4.69, 9.17) is 0 Å². The number of hydrogen-bond donors (Lipinski definition) is 0. The van der Waals surface area contributed by atoms with Gasteiger partial charge in [0, 0.05) is 17.1 Å². The predicted octanol–water partition coefficient (Wildman–Crippen LogP) is 11.1. The number of rotatable bonds is 8. The number of anilines is 3. The smallest absolute Gasteiger partial charge is 0.0462 e. The summed E-state index contributed by atoms with van der Waals surface area (Å²) in [4.78, 5) is 2.33. The van der Waals surface area contributed by atoms with Crippen molar-refractivity contribution in [3.8, 4) is 33.4 Å². The van der Waals surface area contributed by atoms with Gasteiger partial charge in [-0.05, 0) is 81.8 Å². The Morgan fingerprint density at radius 3 is 0.975 bits per heavy atom. The maximum absolute atomic E-state index is 2.33. The molecule has 0 aliphatic rings. The average molecular weight is 516 g/mol. The summed E-state index contributed by atoms with van der Waals surface area (Å²) in [5.41, 5.74) is 12.1. The van der Waals surface area contributed by atoms with Gasteiger partial charge in [0.05, 0.1) is 0 Å². The number of nitrogens with zero attached hydrogens (tertiary/aromatic N) is 1. The van der Waals surface area contributed by atoms with Gasteiger partial charge in [-0.15, -0.1) is 0 Å². The van der Waals surface area contributed by atoms with Gasteiger partial charge in [-0.25, -0.2) is 0 Å². The maximum Gasteiger partial charge on any atom is 0.0462 e. The van der Waals surface area contributed by atoms with Crippen LogP contribution in [0, 0.1) is 0 Å². The molecule has 0 saturated carbocycles. The fourth-order valence-corrected chi connectivity index (χ4v) is 5.27. The monoisotopic (exact) mass is 515 g/mol. The van der Waals surface area contributed by atoms with E-state index in [1.165, 1.54) is 45.4 Å². The first-order chi connectivity index (χ1) is 19.8. The largest absolute Gasteiger partial charge is 0.311 e. The quantitative estimate of drug-likeness (QED) is 0.195. The van der Waals surface area contributed by atoms with E-state index >= 15 is 0 Å². The first-order valence-corrected chi connectivity index (χ1v) is 14.1. The first kappa shape index (κ1) is 25.4. The summed E-state index contributed by atoms with van der Waals surface area (Å²) in [6.45, 7) is 2.23. The Balaban J connectivity index is 1.35. The molecule has 0 spiro atoms. The normalized spacial score (nSPS) is 10.8. The maximum atomic E-state index is 2.33. The van der Waals surface area contributed by atoms with Crippen LogP contribution in [-0.4, -0.2) is 0 Å². The van der Waals surface area contributed by atoms with Crippen molar-refractivity contribution < 1.29 is 0 Å². The lowest BCUT2D eigenvalue weighted by Gasteiger charge is -2.26. The molecule has 6 aromatic rings. The van der Waals surface area contributed by atoms with Gasteiger partial charge in [-0.1, -0.05) is 135 Å². The van der Waals surface area contributed by atoms with Crippen molar-refractivity contribution in [3.05, 3.63) is 163 Å². The molecule has 6 aromatic carbocycles. The van der Waals surface area contributed by atoms with E-state index in [-0.39, 0.29) is 0 Å². The highest BCUT2D eigenvalue weighted by atomic mass is 15.1. The molecule has 0 bridgehead atoms. The van der Waals surface area contributed by atoms with Crippen LogP contribution in [0.15, 0.2) is 158 Å². The van der Waals surface area contributed by atoms with Crippen LogP contribution in [0.2, 0.25) is 0 Å². The molecule has 0 amide bonds. The van der Waals surface area contributed by atoms with Crippen molar-refractivity contribution in [2.75, 3.05) is 4.90 Å². The number of benzene rings is 6. The van der Waals surface area contributed by atoms with Gasteiger partial charge in [0.25, 0.3) is 0 Å². The Morgan fingerprint density at radius 1 is 0.350 bits per heavy atom. The van der Waals surface area contributed by atoms with Crippen LogP contribution in [0.5, 0.6) is 0 Å². The molecular weight excluding hydrogens is 482 g/mol. The second-order valence-electron chi connectivity index (χ2n) is 10.2. The summed E-state index contributed by atoms with van der Waals surface area (Å²) in [6.07, 6.45) is 2.29. The molecule has 0 radical (unpaired) electrons. The molecule has 0 fully saturated rings. The van der Waals surface area contributed by atoms with E-state index in [9.17, 15) is 0 Å². The highest BCUT2D eigenvalue weighted by Gasteiger charge is 2.14. The summed E-state index contributed by atoms with van der Waals surface area (Å²) in [6, 6.07) is 56.7. The Hall–Kier alpha value is -4.88. The molecule has 1 heteroatoms. The number of hydrogen-bond acceptors (Lipinski definition) is 1.